The number of benzene rings is 1. The van der Waals surface area contributed by atoms with E-state index in [9.17, 15) is 12.8 Å². The third-order valence-corrected chi connectivity index (χ3v) is 2.63. The second kappa shape index (κ2) is 4.30. The first-order valence-electron chi connectivity index (χ1n) is 4.12. The maximum absolute atomic E-state index is 13.3. The lowest BCUT2D eigenvalue weighted by atomic mass is 9.80. The summed E-state index contributed by atoms with van der Waals surface area (Å²) in [6, 6.07) is 3.41. The molecule has 0 amide bonds. The minimum Gasteiger partial charge on any atom is -0.423 e. The van der Waals surface area contributed by atoms with Crippen LogP contribution < -0.4 is 5.46 Å². The van der Waals surface area contributed by atoms with Gasteiger partial charge in [0.15, 0.2) is 9.84 Å². The minimum atomic E-state index is -3.30. The van der Waals surface area contributed by atoms with E-state index >= 15 is 0 Å². The van der Waals surface area contributed by atoms with Crippen LogP contribution in [0.15, 0.2) is 18.2 Å². The number of hydrogen-bond donors (Lipinski definition) is 2. The van der Waals surface area contributed by atoms with Crippen LogP contribution in [-0.4, -0.2) is 31.8 Å². The van der Waals surface area contributed by atoms with Gasteiger partial charge in [0, 0.05) is 11.8 Å². The van der Waals surface area contributed by atoms with E-state index in [0.29, 0.717) is 0 Å². The predicted octanol–water partition coefficient (Wildman–Crippen LogP) is -0.950. The Hall–Kier alpha value is -0.915. The minimum absolute atomic E-state index is 0.00949. The van der Waals surface area contributed by atoms with Gasteiger partial charge in [0.05, 0.1) is 5.75 Å². The van der Waals surface area contributed by atoms with Crippen molar-refractivity contribution in [3.05, 3.63) is 29.6 Å². The summed E-state index contributed by atoms with van der Waals surface area (Å²) in [4.78, 5) is 0. The standard InChI is InChI=1S/C8H10BFO4S/c1-15(13,14)5-6-2-3-7(9(11)12)4-8(6)10/h2-4,11-12H,5H2,1H3. The molecule has 0 radical (unpaired) electrons. The largest absolute Gasteiger partial charge is 0.488 e. The zero-order valence-electron chi connectivity index (χ0n) is 8.01. The predicted molar refractivity (Wildman–Crippen MR) is 54.8 cm³/mol. The summed E-state index contributed by atoms with van der Waals surface area (Å²) in [5.41, 5.74) is 0.00616. The molecule has 0 heterocycles. The van der Waals surface area contributed by atoms with Crippen LogP contribution in [0, 0.1) is 5.82 Å². The van der Waals surface area contributed by atoms with Crippen molar-refractivity contribution in [2.45, 2.75) is 5.75 Å². The molecule has 0 unspecified atom stereocenters. The Balaban J connectivity index is 3.04. The topological polar surface area (TPSA) is 74.6 Å². The van der Waals surface area contributed by atoms with Crippen molar-refractivity contribution in [3.63, 3.8) is 0 Å². The second-order valence-corrected chi connectivity index (χ2v) is 5.43. The zero-order valence-corrected chi connectivity index (χ0v) is 8.83. The molecule has 0 aliphatic rings. The van der Waals surface area contributed by atoms with Crippen LogP contribution >= 0.6 is 0 Å². The summed E-state index contributed by atoms with van der Waals surface area (Å²) >= 11 is 0. The van der Waals surface area contributed by atoms with E-state index in [1.165, 1.54) is 12.1 Å². The molecule has 0 aromatic heterocycles. The molecular weight excluding hydrogens is 222 g/mol. The number of hydrogen-bond acceptors (Lipinski definition) is 4. The summed E-state index contributed by atoms with van der Waals surface area (Å²) in [5, 5.41) is 17.5. The van der Waals surface area contributed by atoms with Gasteiger partial charge < -0.3 is 10.0 Å². The van der Waals surface area contributed by atoms with Crippen LogP contribution in [0.2, 0.25) is 0 Å². The van der Waals surface area contributed by atoms with Crippen molar-refractivity contribution in [3.8, 4) is 0 Å². The maximum Gasteiger partial charge on any atom is 0.488 e. The first-order valence-corrected chi connectivity index (χ1v) is 6.18. The van der Waals surface area contributed by atoms with Crippen molar-refractivity contribution in [2.75, 3.05) is 6.26 Å². The average Bonchev–Trinajstić information content (AvgIpc) is 2.05. The summed E-state index contributed by atoms with van der Waals surface area (Å²) < 4.78 is 35.1. The molecule has 0 saturated carbocycles. The van der Waals surface area contributed by atoms with Crippen molar-refractivity contribution in [2.24, 2.45) is 0 Å². The van der Waals surface area contributed by atoms with Crippen LogP contribution in [0.4, 0.5) is 4.39 Å². The van der Waals surface area contributed by atoms with E-state index in [0.717, 1.165) is 12.3 Å². The highest BCUT2D eigenvalue weighted by atomic mass is 32.2. The molecule has 0 aliphatic carbocycles. The van der Waals surface area contributed by atoms with Gasteiger partial charge in [0.1, 0.15) is 5.82 Å². The Kier molecular flexibility index (Phi) is 3.48. The quantitative estimate of drug-likeness (QED) is 0.659. The lowest BCUT2D eigenvalue weighted by Crippen LogP contribution is -2.30. The van der Waals surface area contributed by atoms with Gasteiger partial charge in [-0.1, -0.05) is 12.1 Å². The highest BCUT2D eigenvalue weighted by molar-refractivity contribution is 7.89. The summed E-state index contributed by atoms with van der Waals surface area (Å²) in [7, 11) is -5.06. The third-order valence-electron chi connectivity index (χ3n) is 1.79. The van der Waals surface area contributed by atoms with Crippen molar-refractivity contribution < 1.29 is 22.9 Å². The van der Waals surface area contributed by atoms with Gasteiger partial charge >= 0.3 is 7.12 Å². The van der Waals surface area contributed by atoms with Gasteiger partial charge in [0.25, 0.3) is 0 Å². The average molecular weight is 232 g/mol. The van der Waals surface area contributed by atoms with Gasteiger partial charge in [0.2, 0.25) is 0 Å². The van der Waals surface area contributed by atoms with Crippen molar-refractivity contribution in [1.82, 2.24) is 0 Å². The molecule has 15 heavy (non-hydrogen) atoms. The lowest BCUT2D eigenvalue weighted by molar-refractivity contribution is 0.425. The Morgan fingerprint density at radius 1 is 1.40 bits per heavy atom. The molecule has 0 aliphatic heterocycles. The Labute approximate surface area is 87.4 Å². The molecule has 1 aromatic rings. The molecule has 0 bridgehead atoms. The van der Waals surface area contributed by atoms with E-state index in [2.05, 4.69) is 0 Å². The third kappa shape index (κ3) is 3.62. The zero-order chi connectivity index (χ0) is 11.6. The first-order chi connectivity index (χ1) is 6.79. The highest BCUT2D eigenvalue weighted by Gasteiger charge is 2.15. The fourth-order valence-electron chi connectivity index (χ4n) is 1.12. The van der Waals surface area contributed by atoms with E-state index in [4.69, 9.17) is 10.0 Å². The van der Waals surface area contributed by atoms with Crippen LogP contribution in [0.5, 0.6) is 0 Å². The molecule has 0 spiro atoms. The van der Waals surface area contributed by atoms with Gasteiger partial charge in [-0.2, -0.15) is 0 Å². The SMILES string of the molecule is CS(=O)(=O)Cc1ccc(B(O)O)cc1F. The van der Waals surface area contributed by atoms with Crippen LogP contribution in [-0.2, 0) is 15.6 Å². The molecule has 1 aromatic carbocycles. The molecule has 1 rings (SSSR count). The first kappa shape index (κ1) is 12.2. The summed E-state index contributed by atoms with van der Waals surface area (Å²) in [5.74, 6) is -1.16. The molecule has 0 saturated heterocycles. The molecule has 7 heteroatoms. The summed E-state index contributed by atoms with van der Waals surface area (Å²) in [6.45, 7) is 0. The van der Waals surface area contributed by atoms with Gasteiger partial charge in [-0.05, 0) is 11.5 Å². The Morgan fingerprint density at radius 3 is 2.40 bits per heavy atom. The van der Waals surface area contributed by atoms with E-state index < -0.39 is 28.5 Å². The van der Waals surface area contributed by atoms with E-state index in [1.807, 2.05) is 0 Å². The van der Waals surface area contributed by atoms with Crippen molar-refractivity contribution in [1.29, 1.82) is 0 Å². The monoisotopic (exact) mass is 232 g/mol. The fourth-order valence-corrected chi connectivity index (χ4v) is 1.92. The van der Waals surface area contributed by atoms with Crippen LogP contribution in [0.1, 0.15) is 5.56 Å². The van der Waals surface area contributed by atoms with Gasteiger partial charge in [-0.15, -0.1) is 0 Å². The highest BCUT2D eigenvalue weighted by Crippen LogP contribution is 2.09. The molecule has 0 atom stereocenters. The smallest absolute Gasteiger partial charge is 0.423 e. The van der Waals surface area contributed by atoms with E-state index in [1.54, 1.807) is 0 Å². The fraction of sp³-hybridized carbons (Fsp3) is 0.250. The summed E-state index contributed by atoms with van der Waals surface area (Å²) in [6.07, 6.45) is 1.00. The Bertz CT molecular complexity index is 458. The van der Waals surface area contributed by atoms with E-state index in [-0.39, 0.29) is 11.0 Å². The molecule has 2 N–H and O–H groups in total. The van der Waals surface area contributed by atoms with Crippen molar-refractivity contribution >= 4 is 22.4 Å². The van der Waals surface area contributed by atoms with Gasteiger partial charge in [-0.3, -0.25) is 0 Å². The number of halogens is 1. The lowest BCUT2D eigenvalue weighted by Gasteiger charge is -2.04. The van der Waals surface area contributed by atoms with Crippen LogP contribution in [0.25, 0.3) is 0 Å². The molecular formula is C8H10BFO4S. The Morgan fingerprint density at radius 2 is 2.00 bits per heavy atom. The molecule has 4 nitrogen and oxygen atoms in total. The normalized spacial score (nSPS) is 11.5. The molecule has 0 fully saturated rings. The maximum atomic E-state index is 13.3. The number of rotatable bonds is 3. The number of sulfone groups is 1. The van der Waals surface area contributed by atoms with Crippen LogP contribution in [0.3, 0.4) is 0 Å². The second-order valence-electron chi connectivity index (χ2n) is 3.29. The van der Waals surface area contributed by atoms with Gasteiger partial charge in [-0.25, -0.2) is 12.8 Å². The molecule has 82 valence electrons.